The fraction of sp³-hybridized carbons (Fsp3) is 0.125. The topological polar surface area (TPSA) is 69.6 Å². The summed E-state index contributed by atoms with van der Waals surface area (Å²) >= 11 is 0.427. The van der Waals surface area contributed by atoms with Gasteiger partial charge in [-0.25, -0.2) is 0 Å². The van der Waals surface area contributed by atoms with Crippen LogP contribution in [-0.2, 0) is 0 Å². The molecule has 0 saturated carbocycles. The Morgan fingerprint density at radius 1 is 1.31 bits per heavy atom. The molecule has 2 aromatic rings. The Balaban J connectivity index is 2.44. The summed E-state index contributed by atoms with van der Waals surface area (Å²) in [6.07, 6.45) is 0. The first kappa shape index (κ1) is 10.8. The van der Waals surface area contributed by atoms with Crippen molar-refractivity contribution in [3.8, 4) is 5.69 Å². The van der Waals surface area contributed by atoms with Gasteiger partial charge in [0, 0.05) is 4.90 Å². The molecule has 0 atom stereocenters. The van der Waals surface area contributed by atoms with Gasteiger partial charge in [-0.2, -0.15) is 13.5 Å². The molecule has 84 valence electrons. The largest absolute Gasteiger partial charge is 0.366 e. The van der Waals surface area contributed by atoms with Crippen molar-refractivity contribution in [3.63, 3.8) is 0 Å². The smallest absolute Gasteiger partial charge is 0.288 e. The molecule has 8 heteroatoms. The van der Waals surface area contributed by atoms with Crippen LogP contribution in [0, 0.1) is 0 Å². The summed E-state index contributed by atoms with van der Waals surface area (Å²) < 4.78 is 25.8. The highest BCUT2D eigenvalue weighted by atomic mass is 32.2. The summed E-state index contributed by atoms with van der Waals surface area (Å²) in [5.74, 6) is -2.44. The summed E-state index contributed by atoms with van der Waals surface area (Å²) in [6, 6.07) is 6.55. The van der Waals surface area contributed by atoms with Crippen LogP contribution in [-0.4, -0.2) is 26.0 Å². The summed E-state index contributed by atoms with van der Waals surface area (Å²) in [5, 5.41) is 10.5. The van der Waals surface area contributed by atoms with Crippen molar-refractivity contribution in [2.75, 3.05) is 5.73 Å². The van der Waals surface area contributed by atoms with Crippen molar-refractivity contribution in [1.29, 1.82) is 0 Å². The van der Waals surface area contributed by atoms with E-state index in [0.717, 1.165) is 0 Å². The number of nitrogens with two attached hydrogens (primary N) is 1. The number of nitrogens with zero attached hydrogens (tertiary/aromatic N) is 4. The number of alkyl halides is 2. The van der Waals surface area contributed by atoms with Gasteiger partial charge in [-0.05, 0) is 22.6 Å². The number of benzene rings is 1. The van der Waals surface area contributed by atoms with E-state index in [1.807, 2.05) is 0 Å². The van der Waals surface area contributed by atoms with E-state index in [1.165, 1.54) is 4.68 Å². The van der Waals surface area contributed by atoms with E-state index >= 15 is 0 Å². The number of tetrazole rings is 1. The maximum Gasteiger partial charge on any atom is 0.288 e. The van der Waals surface area contributed by atoms with Crippen LogP contribution >= 0.6 is 11.8 Å². The van der Waals surface area contributed by atoms with E-state index in [9.17, 15) is 8.78 Å². The molecule has 1 aromatic heterocycles. The van der Waals surface area contributed by atoms with Crippen LogP contribution in [0.25, 0.3) is 5.69 Å². The van der Waals surface area contributed by atoms with Crippen molar-refractivity contribution in [2.24, 2.45) is 0 Å². The molecule has 16 heavy (non-hydrogen) atoms. The maximum atomic E-state index is 12.3. The maximum absolute atomic E-state index is 12.3. The Bertz CT molecular complexity index is 487. The Hall–Kier alpha value is -1.70. The second-order valence-electron chi connectivity index (χ2n) is 2.80. The highest BCUT2D eigenvalue weighted by molar-refractivity contribution is 7.99. The number of hydrogen-bond donors (Lipinski definition) is 1. The van der Waals surface area contributed by atoms with Crippen molar-refractivity contribution >= 4 is 17.7 Å². The number of thioether (sulfide) groups is 1. The molecule has 0 aliphatic carbocycles. The first-order valence-electron chi connectivity index (χ1n) is 4.26. The number of para-hydroxylation sites is 1. The fourth-order valence-electron chi connectivity index (χ4n) is 1.19. The zero-order valence-corrected chi connectivity index (χ0v) is 8.73. The standard InChI is InChI=1S/C8H7F2N5S/c9-7(10)16-6-4-2-1-3-5(6)15-8(11)12-13-14-15/h1-4,7H,(H2,11,12,14). The Kier molecular flexibility index (Phi) is 3.00. The minimum absolute atomic E-state index is 0.0577. The van der Waals surface area contributed by atoms with Gasteiger partial charge in [0.25, 0.3) is 5.76 Å². The molecule has 0 bridgehead atoms. The molecule has 5 nitrogen and oxygen atoms in total. The second-order valence-corrected chi connectivity index (χ2v) is 3.83. The number of hydrogen-bond acceptors (Lipinski definition) is 5. The van der Waals surface area contributed by atoms with E-state index < -0.39 is 5.76 Å². The molecule has 1 aromatic carbocycles. The van der Waals surface area contributed by atoms with Gasteiger partial charge in [-0.15, -0.1) is 0 Å². The number of anilines is 1. The molecule has 0 radical (unpaired) electrons. The van der Waals surface area contributed by atoms with Crippen LogP contribution in [0.3, 0.4) is 0 Å². The van der Waals surface area contributed by atoms with Gasteiger partial charge in [0.15, 0.2) is 0 Å². The van der Waals surface area contributed by atoms with Crippen LogP contribution < -0.4 is 5.73 Å². The third-order valence-corrected chi connectivity index (χ3v) is 2.58. The predicted molar refractivity (Wildman–Crippen MR) is 55.4 cm³/mol. The number of halogens is 2. The molecule has 0 unspecified atom stereocenters. The third kappa shape index (κ3) is 2.11. The lowest BCUT2D eigenvalue weighted by molar-refractivity contribution is 0.252. The van der Waals surface area contributed by atoms with Gasteiger partial charge in [0.1, 0.15) is 0 Å². The van der Waals surface area contributed by atoms with Crippen LogP contribution in [0.2, 0.25) is 0 Å². The first-order valence-corrected chi connectivity index (χ1v) is 5.14. The summed E-state index contributed by atoms with van der Waals surface area (Å²) in [5.41, 5.74) is 5.94. The zero-order valence-electron chi connectivity index (χ0n) is 7.92. The van der Waals surface area contributed by atoms with Crippen molar-refractivity contribution in [3.05, 3.63) is 24.3 Å². The molecule has 0 spiro atoms. The molecule has 0 saturated heterocycles. The third-order valence-electron chi connectivity index (χ3n) is 1.80. The van der Waals surface area contributed by atoms with Crippen LogP contribution in [0.4, 0.5) is 14.7 Å². The monoisotopic (exact) mass is 243 g/mol. The van der Waals surface area contributed by atoms with E-state index in [1.54, 1.807) is 24.3 Å². The first-order chi connectivity index (χ1) is 7.68. The lowest BCUT2D eigenvalue weighted by atomic mass is 10.3. The molecular weight excluding hydrogens is 236 g/mol. The number of aromatic nitrogens is 4. The highest BCUT2D eigenvalue weighted by Crippen LogP contribution is 2.30. The van der Waals surface area contributed by atoms with E-state index in [2.05, 4.69) is 15.5 Å². The SMILES string of the molecule is Nc1nnnn1-c1ccccc1SC(F)F. The van der Waals surface area contributed by atoms with E-state index in [4.69, 9.17) is 5.73 Å². The number of rotatable bonds is 3. The van der Waals surface area contributed by atoms with E-state index in [-0.39, 0.29) is 5.95 Å². The Morgan fingerprint density at radius 3 is 2.69 bits per heavy atom. The van der Waals surface area contributed by atoms with Crippen LogP contribution in [0.1, 0.15) is 0 Å². The Labute approximate surface area is 93.6 Å². The average molecular weight is 243 g/mol. The molecule has 0 fully saturated rings. The summed E-state index contributed by atoms with van der Waals surface area (Å²) in [6.45, 7) is 0. The molecule has 1 heterocycles. The fourth-order valence-corrected chi connectivity index (χ4v) is 1.82. The highest BCUT2D eigenvalue weighted by Gasteiger charge is 2.13. The molecular formula is C8H7F2N5S. The summed E-state index contributed by atoms with van der Waals surface area (Å²) in [7, 11) is 0. The van der Waals surface area contributed by atoms with Crippen molar-refractivity contribution in [2.45, 2.75) is 10.7 Å². The normalized spacial score (nSPS) is 10.9. The van der Waals surface area contributed by atoms with Gasteiger partial charge in [0.05, 0.1) is 5.69 Å². The lowest BCUT2D eigenvalue weighted by Gasteiger charge is -2.07. The molecule has 2 rings (SSSR count). The van der Waals surface area contributed by atoms with Crippen LogP contribution in [0.15, 0.2) is 29.2 Å². The lowest BCUT2D eigenvalue weighted by Crippen LogP contribution is -2.04. The molecule has 0 amide bonds. The van der Waals surface area contributed by atoms with Crippen LogP contribution in [0.5, 0.6) is 0 Å². The van der Waals surface area contributed by atoms with Gasteiger partial charge in [-0.3, -0.25) is 0 Å². The van der Waals surface area contributed by atoms with Gasteiger partial charge in [-0.1, -0.05) is 29.0 Å². The molecule has 0 aliphatic heterocycles. The van der Waals surface area contributed by atoms with E-state index in [0.29, 0.717) is 22.3 Å². The average Bonchev–Trinajstić information content (AvgIpc) is 2.64. The zero-order chi connectivity index (χ0) is 11.5. The second kappa shape index (κ2) is 4.44. The van der Waals surface area contributed by atoms with Gasteiger partial charge in [0.2, 0.25) is 5.95 Å². The van der Waals surface area contributed by atoms with Crippen molar-refractivity contribution < 1.29 is 8.78 Å². The minimum Gasteiger partial charge on any atom is -0.366 e. The number of nitrogen functional groups attached to an aromatic ring is 1. The summed E-state index contributed by atoms with van der Waals surface area (Å²) in [4.78, 5) is 0.372. The quantitative estimate of drug-likeness (QED) is 0.828. The minimum atomic E-state index is -2.50. The van der Waals surface area contributed by atoms with Gasteiger partial charge < -0.3 is 5.73 Å². The molecule has 2 N–H and O–H groups in total. The molecule has 0 aliphatic rings. The Morgan fingerprint density at radius 2 is 2.06 bits per heavy atom. The van der Waals surface area contributed by atoms with Crippen molar-refractivity contribution in [1.82, 2.24) is 20.2 Å². The van der Waals surface area contributed by atoms with Gasteiger partial charge >= 0.3 is 0 Å². The predicted octanol–water partition coefficient (Wildman–Crippen LogP) is 1.56.